The van der Waals surface area contributed by atoms with Crippen LogP contribution in [-0.2, 0) is 14.8 Å². The molecule has 0 bridgehead atoms. The van der Waals surface area contributed by atoms with Gasteiger partial charge in [0.25, 0.3) is 0 Å². The molecule has 0 spiro atoms. The van der Waals surface area contributed by atoms with Crippen LogP contribution < -0.4 is 4.72 Å². The van der Waals surface area contributed by atoms with E-state index in [0.29, 0.717) is 11.4 Å². The van der Waals surface area contributed by atoms with Gasteiger partial charge in [-0.15, -0.1) is 0 Å². The van der Waals surface area contributed by atoms with E-state index in [1.807, 2.05) is 42.5 Å². The molecule has 2 unspecified atom stereocenters. The minimum Gasteiger partial charge on any atom is -0.378 e. The van der Waals surface area contributed by atoms with Crippen molar-refractivity contribution in [3.05, 3.63) is 70.7 Å². The fourth-order valence-corrected chi connectivity index (χ4v) is 4.58. The van der Waals surface area contributed by atoms with Crippen molar-refractivity contribution in [1.29, 1.82) is 0 Å². The van der Waals surface area contributed by atoms with Crippen LogP contribution in [-0.4, -0.2) is 26.9 Å². The van der Waals surface area contributed by atoms with Gasteiger partial charge in [0.2, 0.25) is 10.0 Å². The molecule has 2 aromatic carbocycles. The van der Waals surface area contributed by atoms with E-state index in [2.05, 4.69) is 4.72 Å². The van der Waals surface area contributed by atoms with Crippen LogP contribution in [0.2, 0.25) is 5.02 Å². The smallest absolute Gasteiger partial charge is 0.212 e. The number of benzene rings is 2. The number of hydrogen-bond acceptors (Lipinski definition) is 3. The molecule has 0 aromatic heterocycles. The van der Waals surface area contributed by atoms with Gasteiger partial charge in [-0.2, -0.15) is 0 Å². The van der Waals surface area contributed by atoms with Crippen molar-refractivity contribution in [2.24, 2.45) is 0 Å². The fraction of sp³-hybridized carbons (Fsp3) is 0.368. The first-order valence-electron chi connectivity index (χ1n) is 8.45. The summed E-state index contributed by atoms with van der Waals surface area (Å²) in [5.41, 5.74) is 1.70. The number of hydrogen-bond donors (Lipinski definition) is 1. The summed E-state index contributed by atoms with van der Waals surface area (Å²) in [6, 6.07) is 16.3. The Balaban J connectivity index is 1.79. The number of ether oxygens (including phenoxy) is 1. The summed E-state index contributed by atoms with van der Waals surface area (Å²) in [6.07, 6.45) is 2.52. The zero-order valence-corrected chi connectivity index (χ0v) is 15.5. The third-order valence-electron chi connectivity index (χ3n) is 4.34. The molecule has 1 aliphatic heterocycles. The Morgan fingerprint density at radius 1 is 1.12 bits per heavy atom. The summed E-state index contributed by atoms with van der Waals surface area (Å²) in [6.45, 7) is 0.729. The van der Waals surface area contributed by atoms with E-state index in [1.54, 1.807) is 12.1 Å². The van der Waals surface area contributed by atoms with Crippen LogP contribution >= 0.6 is 11.6 Å². The Morgan fingerprint density at radius 3 is 2.56 bits per heavy atom. The summed E-state index contributed by atoms with van der Waals surface area (Å²) in [4.78, 5) is 0. The maximum atomic E-state index is 12.6. The summed E-state index contributed by atoms with van der Waals surface area (Å²) in [5.74, 6) is 0.0571. The molecule has 4 nitrogen and oxygen atoms in total. The van der Waals surface area contributed by atoms with E-state index in [1.165, 1.54) is 0 Å². The lowest BCUT2D eigenvalue weighted by atomic mass is 10.00. The van der Waals surface area contributed by atoms with Gasteiger partial charge in [-0.1, -0.05) is 54.1 Å². The zero-order valence-electron chi connectivity index (χ0n) is 13.9. The van der Waals surface area contributed by atoms with Gasteiger partial charge in [0.1, 0.15) is 0 Å². The minimum atomic E-state index is -3.45. The first-order valence-corrected chi connectivity index (χ1v) is 10.5. The number of nitrogens with one attached hydrogen (secondary N) is 1. The molecule has 2 atom stereocenters. The first kappa shape index (κ1) is 18.4. The molecule has 1 N–H and O–H groups in total. The standard InChI is InChI=1S/C19H22ClNO3S/c20-17-9-4-8-16(14-17)19(15-6-2-1-3-7-15)21-25(22,23)13-11-18-10-5-12-24-18/h1-4,6-9,14,18-19,21H,5,10-13H2. The predicted molar refractivity (Wildman–Crippen MR) is 100 cm³/mol. The quantitative estimate of drug-likeness (QED) is 0.793. The van der Waals surface area contributed by atoms with Crippen molar-refractivity contribution in [3.8, 4) is 0 Å². The average Bonchev–Trinajstić information content (AvgIpc) is 3.13. The Kier molecular flexibility index (Phi) is 6.12. The first-order chi connectivity index (χ1) is 12.0. The fourth-order valence-electron chi connectivity index (χ4n) is 3.06. The molecule has 0 saturated carbocycles. The lowest BCUT2D eigenvalue weighted by Gasteiger charge is -2.20. The van der Waals surface area contributed by atoms with E-state index in [4.69, 9.17) is 16.3 Å². The molecule has 1 saturated heterocycles. The van der Waals surface area contributed by atoms with Crippen molar-refractivity contribution in [3.63, 3.8) is 0 Å². The molecule has 2 aromatic rings. The molecular formula is C19H22ClNO3S. The van der Waals surface area contributed by atoms with Crippen LogP contribution in [0, 0.1) is 0 Å². The molecule has 134 valence electrons. The largest absolute Gasteiger partial charge is 0.378 e. The van der Waals surface area contributed by atoms with Crippen molar-refractivity contribution in [1.82, 2.24) is 4.72 Å². The molecule has 3 rings (SSSR count). The summed E-state index contributed by atoms with van der Waals surface area (Å²) in [7, 11) is -3.45. The van der Waals surface area contributed by atoms with Crippen LogP contribution in [0.5, 0.6) is 0 Å². The van der Waals surface area contributed by atoms with Crippen LogP contribution in [0.1, 0.15) is 36.4 Å². The topological polar surface area (TPSA) is 55.4 Å². The third kappa shape index (κ3) is 5.28. The Labute approximate surface area is 154 Å². The van der Waals surface area contributed by atoms with E-state index in [9.17, 15) is 8.42 Å². The molecule has 0 aliphatic carbocycles. The molecule has 0 radical (unpaired) electrons. The second-order valence-corrected chi connectivity index (χ2v) is 8.57. The Hall–Kier alpha value is -1.40. The Bertz CT molecular complexity index is 789. The van der Waals surface area contributed by atoms with Gasteiger partial charge in [0, 0.05) is 11.6 Å². The molecule has 6 heteroatoms. The maximum Gasteiger partial charge on any atom is 0.212 e. The highest BCUT2D eigenvalue weighted by Crippen LogP contribution is 2.25. The number of sulfonamides is 1. The molecule has 1 fully saturated rings. The molecular weight excluding hydrogens is 358 g/mol. The van der Waals surface area contributed by atoms with Gasteiger partial charge in [-0.05, 0) is 42.5 Å². The summed E-state index contributed by atoms with van der Waals surface area (Å²) < 4.78 is 33.6. The number of rotatable bonds is 7. The van der Waals surface area contributed by atoms with Crippen molar-refractivity contribution >= 4 is 21.6 Å². The zero-order chi connectivity index (χ0) is 17.7. The number of halogens is 1. The molecule has 25 heavy (non-hydrogen) atoms. The third-order valence-corrected chi connectivity index (χ3v) is 5.95. The van der Waals surface area contributed by atoms with Gasteiger partial charge in [-0.3, -0.25) is 0 Å². The second-order valence-electron chi connectivity index (χ2n) is 6.26. The van der Waals surface area contributed by atoms with Gasteiger partial charge < -0.3 is 4.74 Å². The van der Waals surface area contributed by atoms with Gasteiger partial charge in [0.05, 0.1) is 17.9 Å². The highest BCUT2D eigenvalue weighted by molar-refractivity contribution is 7.89. The van der Waals surface area contributed by atoms with Crippen molar-refractivity contribution in [2.45, 2.75) is 31.4 Å². The van der Waals surface area contributed by atoms with Crippen LogP contribution in [0.25, 0.3) is 0 Å². The van der Waals surface area contributed by atoms with Gasteiger partial charge >= 0.3 is 0 Å². The highest BCUT2D eigenvalue weighted by Gasteiger charge is 2.24. The van der Waals surface area contributed by atoms with Gasteiger partial charge in [-0.25, -0.2) is 13.1 Å². The van der Waals surface area contributed by atoms with Crippen molar-refractivity contribution in [2.75, 3.05) is 12.4 Å². The van der Waals surface area contributed by atoms with E-state index in [-0.39, 0.29) is 11.9 Å². The van der Waals surface area contributed by atoms with E-state index < -0.39 is 16.1 Å². The minimum absolute atomic E-state index is 0.0536. The Morgan fingerprint density at radius 2 is 1.88 bits per heavy atom. The lowest BCUT2D eigenvalue weighted by molar-refractivity contribution is 0.109. The average molecular weight is 380 g/mol. The lowest BCUT2D eigenvalue weighted by Crippen LogP contribution is -2.32. The normalized spacial score (nSPS) is 19.0. The second kappa shape index (κ2) is 8.32. The van der Waals surface area contributed by atoms with E-state index in [0.717, 1.165) is 30.6 Å². The highest BCUT2D eigenvalue weighted by atomic mass is 35.5. The monoisotopic (exact) mass is 379 g/mol. The predicted octanol–water partition coefficient (Wildman–Crippen LogP) is 3.92. The molecule has 1 aliphatic rings. The van der Waals surface area contributed by atoms with Crippen LogP contribution in [0.4, 0.5) is 0 Å². The van der Waals surface area contributed by atoms with Crippen LogP contribution in [0.3, 0.4) is 0 Å². The van der Waals surface area contributed by atoms with Crippen LogP contribution in [0.15, 0.2) is 54.6 Å². The van der Waals surface area contributed by atoms with E-state index >= 15 is 0 Å². The molecule has 0 amide bonds. The van der Waals surface area contributed by atoms with Crippen molar-refractivity contribution < 1.29 is 13.2 Å². The van der Waals surface area contributed by atoms with Gasteiger partial charge in [0.15, 0.2) is 0 Å². The maximum absolute atomic E-state index is 12.6. The summed E-state index contributed by atoms with van der Waals surface area (Å²) >= 11 is 6.10. The SMILES string of the molecule is O=S(=O)(CCC1CCCO1)NC(c1ccccc1)c1cccc(Cl)c1. The molecule has 1 heterocycles. The summed E-state index contributed by atoms with van der Waals surface area (Å²) in [5, 5.41) is 0.581.